The van der Waals surface area contributed by atoms with Gasteiger partial charge in [-0.05, 0) is 0 Å². The molecule has 0 aromatic heterocycles. The van der Waals surface area contributed by atoms with Crippen molar-refractivity contribution in [3.8, 4) is 0 Å². The molecule has 0 aliphatic carbocycles. The number of phosphoric acid groups is 1. The number of hydrogen-bond donors (Lipinski definition) is 3. The summed E-state index contributed by atoms with van der Waals surface area (Å²) in [5, 5.41) is 0. The van der Waals surface area contributed by atoms with Gasteiger partial charge in [-0.15, -0.1) is 0 Å². The first-order chi connectivity index (χ1) is 2.00. The Morgan fingerprint density at radius 2 is 1.12 bits per heavy atom. The van der Waals surface area contributed by atoms with Crippen molar-refractivity contribution in [2.45, 2.75) is 0 Å². The van der Waals surface area contributed by atoms with E-state index in [-0.39, 0.29) is 54.2 Å². The summed E-state index contributed by atoms with van der Waals surface area (Å²) < 4.78 is 8.88. The van der Waals surface area contributed by atoms with Crippen LogP contribution < -0.4 is 0 Å². The minimum Gasteiger partial charge on any atom is 0 e. The van der Waals surface area contributed by atoms with Crippen molar-refractivity contribution in [2.75, 3.05) is 0 Å². The normalized spacial score (nSPS) is 7.38. The first-order valence-corrected chi connectivity index (χ1v) is 2.35. The molecule has 3 N–H and O–H groups in total. The fourth-order valence-electron chi connectivity index (χ4n) is 0. The zero-order chi connectivity index (χ0) is 4.50. The molecule has 8 heavy (non-hydrogen) atoms. The quantitative estimate of drug-likeness (QED) is 0.337. The first-order valence-electron chi connectivity index (χ1n) is 0.783. The molecule has 0 bridgehead atoms. The van der Waals surface area contributed by atoms with Crippen LogP contribution in [-0.2, 0) is 39.9 Å². The molecule has 0 saturated carbocycles. The standard InChI is InChI=1S/Co.Li.H3O4P.V.H/c;;1-5(2,3)4;;/h;;(H3,1,2,3,4);;. The molecule has 0 spiro atoms. The van der Waals surface area contributed by atoms with Crippen LogP contribution in [0.4, 0.5) is 0 Å². The fraction of sp³-hybridized carbons (Fsp3) is 0. The average Bonchev–Trinajstić information content (AvgIpc) is 0.722. The smallest absolute Gasteiger partial charge is 0 e. The summed E-state index contributed by atoms with van der Waals surface area (Å²) in [6.07, 6.45) is 0. The van der Waals surface area contributed by atoms with Gasteiger partial charge in [0.05, 0.1) is 0 Å². The van der Waals surface area contributed by atoms with E-state index in [4.69, 9.17) is 19.2 Å². The second kappa shape index (κ2) is 8.80. The van der Waals surface area contributed by atoms with Crippen molar-refractivity contribution in [1.29, 1.82) is 0 Å². The van der Waals surface area contributed by atoms with Gasteiger partial charge >= 0.3 is 26.7 Å². The largest absolute Gasteiger partial charge is 0 e. The van der Waals surface area contributed by atoms with Gasteiger partial charge < -0.3 is 14.7 Å². The van der Waals surface area contributed by atoms with Gasteiger partial charge in [-0.2, -0.15) is 0 Å². The third kappa shape index (κ3) is 111. The maximum atomic E-state index is 8.88. The summed E-state index contributed by atoms with van der Waals surface area (Å²) in [6.45, 7) is 0. The predicted molar refractivity (Wildman–Crippen MR) is 21.4 cm³/mol. The topological polar surface area (TPSA) is 77.8 Å². The van der Waals surface area contributed by atoms with Gasteiger partial charge in [0.2, 0.25) is 0 Å². The maximum Gasteiger partial charge on any atom is 0 e. The minimum atomic E-state index is -4.64. The molecule has 0 atom stereocenters. The Kier molecular flexibility index (Phi) is 24.8. The summed E-state index contributed by atoms with van der Waals surface area (Å²) in [6, 6.07) is 0. The molecule has 0 saturated heterocycles. The molecule has 0 amide bonds. The van der Waals surface area contributed by atoms with E-state index in [1.807, 2.05) is 0 Å². The van der Waals surface area contributed by atoms with E-state index in [2.05, 4.69) is 0 Å². The van der Waals surface area contributed by atoms with E-state index in [0.29, 0.717) is 0 Å². The molecular weight excluding hydrogens is 212 g/mol. The number of hydrogen-bond acceptors (Lipinski definition) is 1. The third-order valence-electron chi connectivity index (χ3n) is 0. The van der Waals surface area contributed by atoms with E-state index in [0.717, 1.165) is 0 Å². The first kappa shape index (κ1) is 22.6. The minimum absolute atomic E-state index is 0. The van der Waals surface area contributed by atoms with Crippen LogP contribution in [0.2, 0.25) is 0 Å². The Balaban J connectivity index is -0.0000000267. The van der Waals surface area contributed by atoms with Gasteiger partial charge in [0.25, 0.3) is 0 Å². The molecule has 8 heteroatoms. The van der Waals surface area contributed by atoms with Crippen LogP contribution in [0, 0.1) is 0 Å². The van der Waals surface area contributed by atoms with Gasteiger partial charge in [-0.25, -0.2) is 4.57 Å². The Labute approximate surface area is 80.9 Å². The summed E-state index contributed by atoms with van der Waals surface area (Å²) in [4.78, 5) is 21.6. The van der Waals surface area contributed by atoms with Crippen LogP contribution in [0.5, 0.6) is 0 Å². The van der Waals surface area contributed by atoms with Crippen molar-refractivity contribution in [3.05, 3.63) is 0 Å². The van der Waals surface area contributed by atoms with E-state index < -0.39 is 7.82 Å². The Morgan fingerprint density at radius 3 is 1.12 bits per heavy atom. The summed E-state index contributed by atoms with van der Waals surface area (Å²) in [7, 11) is -4.64. The van der Waals surface area contributed by atoms with Crippen molar-refractivity contribution < 1.29 is 54.6 Å². The van der Waals surface area contributed by atoms with E-state index in [1.54, 1.807) is 0 Å². The molecule has 0 fully saturated rings. The molecule has 0 aliphatic heterocycles. The van der Waals surface area contributed by atoms with Crippen LogP contribution in [0.25, 0.3) is 0 Å². The summed E-state index contributed by atoms with van der Waals surface area (Å²) in [5.74, 6) is 0. The summed E-state index contributed by atoms with van der Waals surface area (Å²) in [5.41, 5.74) is 0. The van der Waals surface area contributed by atoms with Crippen molar-refractivity contribution in [3.63, 3.8) is 0 Å². The summed E-state index contributed by atoms with van der Waals surface area (Å²) >= 11 is 0. The predicted octanol–water partition coefficient (Wildman–Crippen LogP) is -1.58. The molecule has 0 heterocycles. The second-order valence-corrected chi connectivity index (χ2v) is 1.54. The molecule has 48 valence electrons. The molecule has 0 aliphatic rings. The Morgan fingerprint density at radius 1 is 1.12 bits per heavy atom. The van der Waals surface area contributed by atoms with Gasteiger partial charge in [0.1, 0.15) is 0 Å². The molecule has 0 rings (SSSR count). The zero-order valence-corrected chi connectivity index (χ0v) is 6.31. The second-order valence-electron chi connectivity index (χ2n) is 0.513. The van der Waals surface area contributed by atoms with E-state index in [1.165, 1.54) is 0 Å². The Hall–Kier alpha value is 1.80. The molecular formula is H4CoLiO4PV. The van der Waals surface area contributed by atoms with Crippen LogP contribution in [0.15, 0.2) is 0 Å². The number of rotatable bonds is 0. The van der Waals surface area contributed by atoms with Crippen LogP contribution >= 0.6 is 7.82 Å². The fourth-order valence-corrected chi connectivity index (χ4v) is 0. The average molecular weight is 216 g/mol. The van der Waals surface area contributed by atoms with Gasteiger partial charge in [0.15, 0.2) is 0 Å². The molecule has 2 radical (unpaired) electrons. The van der Waals surface area contributed by atoms with Crippen molar-refractivity contribution in [1.82, 2.24) is 0 Å². The van der Waals surface area contributed by atoms with Gasteiger partial charge in [0, 0.05) is 35.3 Å². The third-order valence-corrected chi connectivity index (χ3v) is 0. The maximum absolute atomic E-state index is 8.88. The monoisotopic (exact) mass is 216 g/mol. The van der Waals surface area contributed by atoms with Crippen LogP contribution in [-0.4, -0.2) is 33.5 Å². The van der Waals surface area contributed by atoms with E-state index >= 15 is 0 Å². The van der Waals surface area contributed by atoms with Crippen molar-refractivity contribution >= 4 is 26.7 Å². The zero-order valence-electron chi connectivity index (χ0n) is 2.98. The Bertz CT molecular complexity index is 62.2. The van der Waals surface area contributed by atoms with Crippen molar-refractivity contribution in [2.24, 2.45) is 0 Å². The van der Waals surface area contributed by atoms with Crippen LogP contribution in [0.1, 0.15) is 0 Å². The van der Waals surface area contributed by atoms with Crippen LogP contribution in [0.3, 0.4) is 0 Å². The van der Waals surface area contributed by atoms with Gasteiger partial charge in [-0.3, -0.25) is 0 Å². The molecule has 0 unspecified atom stereocenters. The molecule has 0 aromatic rings. The molecule has 4 nitrogen and oxygen atoms in total. The van der Waals surface area contributed by atoms with Gasteiger partial charge in [-0.1, -0.05) is 0 Å². The molecule has 0 aromatic carbocycles. The SMILES string of the molecule is O=P(O)(O)O.[Co].[LiH].[V]. The van der Waals surface area contributed by atoms with E-state index in [9.17, 15) is 0 Å².